The maximum Gasteiger partial charge on any atom is 0.164 e. The molecule has 0 aliphatic carbocycles. The fourth-order valence-corrected chi connectivity index (χ4v) is 1.92. The molecule has 0 saturated carbocycles. The number of benzene rings is 1. The van der Waals surface area contributed by atoms with E-state index in [9.17, 15) is 0 Å². The van der Waals surface area contributed by atoms with Crippen LogP contribution in [0.4, 0.5) is 0 Å². The first-order valence-electron chi connectivity index (χ1n) is 5.26. The molecule has 3 heteroatoms. The van der Waals surface area contributed by atoms with E-state index in [0.29, 0.717) is 12.5 Å². The quantitative estimate of drug-likeness (QED) is 0.801. The van der Waals surface area contributed by atoms with Crippen molar-refractivity contribution >= 4 is 0 Å². The van der Waals surface area contributed by atoms with Gasteiger partial charge in [-0.1, -0.05) is 12.1 Å². The summed E-state index contributed by atoms with van der Waals surface area (Å²) in [6.45, 7) is 2.71. The fourth-order valence-electron chi connectivity index (χ4n) is 1.92. The van der Waals surface area contributed by atoms with Crippen LogP contribution in [0.5, 0.6) is 11.5 Å². The van der Waals surface area contributed by atoms with Gasteiger partial charge >= 0.3 is 0 Å². The molecular weight excluding hydrogens is 190 g/mol. The number of nitrogens with two attached hydrogens (primary N) is 1. The summed E-state index contributed by atoms with van der Waals surface area (Å²) < 4.78 is 11.0. The van der Waals surface area contributed by atoms with Crippen molar-refractivity contribution in [3.8, 4) is 11.5 Å². The molecule has 2 N–H and O–H groups in total. The Labute approximate surface area is 90.2 Å². The third-order valence-electron chi connectivity index (χ3n) is 2.95. The largest absolute Gasteiger partial charge is 0.493 e. The lowest BCUT2D eigenvalue weighted by Crippen LogP contribution is -2.35. The lowest BCUT2D eigenvalue weighted by molar-refractivity contribution is 0.196. The highest BCUT2D eigenvalue weighted by molar-refractivity contribution is 5.47. The van der Waals surface area contributed by atoms with E-state index in [4.69, 9.17) is 15.2 Å². The molecular formula is C12H17NO2. The monoisotopic (exact) mass is 207 g/mol. The molecule has 0 amide bonds. The summed E-state index contributed by atoms with van der Waals surface area (Å²) in [5, 5.41) is 0. The Morgan fingerprint density at radius 3 is 3.00 bits per heavy atom. The molecule has 0 radical (unpaired) electrons. The summed E-state index contributed by atoms with van der Waals surface area (Å²) in [6, 6.07) is 6.16. The first kappa shape index (κ1) is 10.3. The van der Waals surface area contributed by atoms with Crippen LogP contribution in [-0.2, 0) is 6.42 Å². The Hall–Kier alpha value is -1.22. The summed E-state index contributed by atoms with van der Waals surface area (Å²) in [7, 11) is 1.66. The van der Waals surface area contributed by atoms with E-state index in [1.165, 1.54) is 5.56 Å². The summed E-state index contributed by atoms with van der Waals surface area (Å²) in [4.78, 5) is 0. The maximum atomic E-state index is 5.88. The Kier molecular flexibility index (Phi) is 2.82. The van der Waals surface area contributed by atoms with Crippen molar-refractivity contribution < 1.29 is 9.47 Å². The molecule has 15 heavy (non-hydrogen) atoms. The molecule has 1 aliphatic heterocycles. The Bertz CT molecular complexity index is 349. The van der Waals surface area contributed by atoms with Gasteiger partial charge in [-0.15, -0.1) is 0 Å². The van der Waals surface area contributed by atoms with Gasteiger partial charge in [-0.05, 0) is 25.0 Å². The number of methoxy groups -OCH3 is 1. The molecule has 0 bridgehead atoms. The normalized spacial score (nSPS) is 21.4. The van der Waals surface area contributed by atoms with Gasteiger partial charge in [0.15, 0.2) is 11.5 Å². The number of hydrogen-bond acceptors (Lipinski definition) is 3. The lowest BCUT2D eigenvalue weighted by atomic mass is 9.91. The number of hydrogen-bond donors (Lipinski definition) is 1. The van der Waals surface area contributed by atoms with Crippen LogP contribution in [0.25, 0.3) is 0 Å². The van der Waals surface area contributed by atoms with Crippen LogP contribution < -0.4 is 15.2 Å². The summed E-state index contributed by atoms with van der Waals surface area (Å²) in [5.41, 5.74) is 7.08. The fraction of sp³-hybridized carbons (Fsp3) is 0.500. The number of ether oxygens (including phenoxy) is 2. The van der Waals surface area contributed by atoms with Crippen molar-refractivity contribution in [1.29, 1.82) is 0 Å². The number of rotatable bonds is 2. The minimum Gasteiger partial charge on any atom is -0.493 e. The molecule has 0 spiro atoms. The first-order valence-corrected chi connectivity index (χ1v) is 5.26. The van der Waals surface area contributed by atoms with Crippen molar-refractivity contribution in [3.05, 3.63) is 23.8 Å². The molecule has 2 unspecified atom stereocenters. The van der Waals surface area contributed by atoms with Crippen LogP contribution in [0.15, 0.2) is 18.2 Å². The first-order chi connectivity index (χ1) is 7.22. The van der Waals surface area contributed by atoms with Gasteiger partial charge in [-0.25, -0.2) is 0 Å². The highest BCUT2D eigenvalue weighted by Crippen LogP contribution is 2.36. The smallest absolute Gasteiger partial charge is 0.164 e. The summed E-state index contributed by atoms with van der Waals surface area (Å²) in [5.74, 6) is 2.11. The average Bonchev–Trinajstić information content (AvgIpc) is 2.27. The van der Waals surface area contributed by atoms with E-state index < -0.39 is 0 Å². The zero-order chi connectivity index (χ0) is 10.8. The number of fused-ring (bicyclic) bond motifs is 1. The molecule has 0 fully saturated rings. The van der Waals surface area contributed by atoms with Crippen molar-refractivity contribution in [2.24, 2.45) is 11.7 Å². The molecule has 82 valence electrons. The standard InChI is InChI=1S/C12H17NO2/c1-8(13)10-6-9-4-3-5-11(14-2)12(9)15-7-10/h3-5,8,10H,6-7,13H2,1-2H3. The Morgan fingerprint density at radius 1 is 1.53 bits per heavy atom. The maximum absolute atomic E-state index is 5.88. The van der Waals surface area contributed by atoms with Crippen molar-refractivity contribution in [3.63, 3.8) is 0 Å². The van der Waals surface area contributed by atoms with Crippen molar-refractivity contribution in [1.82, 2.24) is 0 Å². The highest BCUT2D eigenvalue weighted by atomic mass is 16.5. The average molecular weight is 207 g/mol. The van der Waals surface area contributed by atoms with Crippen LogP contribution in [0.2, 0.25) is 0 Å². The van der Waals surface area contributed by atoms with Gasteiger partial charge in [0.1, 0.15) is 0 Å². The minimum atomic E-state index is 0.171. The molecule has 2 atom stereocenters. The molecule has 0 aromatic heterocycles. The number of para-hydroxylation sites is 1. The van der Waals surface area contributed by atoms with E-state index in [2.05, 4.69) is 6.07 Å². The zero-order valence-corrected chi connectivity index (χ0v) is 9.19. The van der Waals surface area contributed by atoms with Crippen LogP contribution in [0.1, 0.15) is 12.5 Å². The van der Waals surface area contributed by atoms with E-state index in [1.807, 2.05) is 19.1 Å². The second-order valence-electron chi connectivity index (χ2n) is 4.08. The Morgan fingerprint density at radius 2 is 2.33 bits per heavy atom. The molecule has 3 nitrogen and oxygen atoms in total. The van der Waals surface area contributed by atoms with Gasteiger partial charge in [-0.3, -0.25) is 0 Å². The summed E-state index contributed by atoms with van der Waals surface area (Å²) >= 11 is 0. The van der Waals surface area contributed by atoms with E-state index >= 15 is 0 Å². The predicted octanol–water partition coefficient (Wildman–Crippen LogP) is 1.59. The molecule has 1 aromatic carbocycles. The van der Waals surface area contributed by atoms with Crippen molar-refractivity contribution in [2.45, 2.75) is 19.4 Å². The molecule has 1 heterocycles. The zero-order valence-electron chi connectivity index (χ0n) is 9.19. The molecule has 0 saturated heterocycles. The van der Waals surface area contributed by atoms with Crippen LogP contribution in [0.3, 0.4) is 0 Å². The van der Waals surface area contributed by atoms with Gasteiger partial charge in [0.2, 0.25) is 0 Å². The SMILES string of the molecule is COc1cccc2c1OCC(C(C)N)C2. The van der Waals surface area contributed by atoms with Gasteiger partial charge in [0, 0.05) is 12.0 Å². The third-order valence-corrected chi connectivity index (χ3v) is 2.95. The predicted molar refractivity (Wildman–Crippen MR) is 59.3 cm³/mol. The molecule has 1 aliphatic rings. The van der Waals surface area contributed by atoms with Crippen molar-refractivity contribution in [2.75, 3.05) is 13.7 Å². The second-order valence-corrected chi connectivity index (χ2v) is 4.08. The van der Waals surface area contributed by atoms with E-state index in [-0.39, 0.29) is 6.04 Å². The highest BCUT2D eigenvalue weighted by Gasteiger charge is 2.24. The van der Waals surface area contributed by atoms with Crippen LogP contribution in [0, 0.1) is 5.92 Å². The van der Waals surface area contributed by atoms with E-state index in [0.717, 1.165) is 17.9 Å². The minimum absolute atomic E-state index is 0.171. The third kappa shape index (κ3) is 1.92. The topological polar surface area (TPSA) is 44.5 Å². The van der Waals surface area contributed by atoms with Crippen LogP contribution in [-0.4, -0.2) is 19.8 Å². The van der Waals surface area contributed by atoms with Gasteiger partial charge in [0.05, 0.1) is 13.7 Å². The molecule has 1 aromatic rings. The second kappa shape index (κ2) is 4.11. The van der Waals surface area contributed by atoms with Crippen LogP contribution >= 0.6 is 0 Å². The van der Waals surface area contributed by atoms with E-state index in [1.54, 1.807) is 7.11 Å². The Balaban J connectivity index is 2.27. The van der Waals surface area contributed by atoms with Gasteiger partial charge in [0.25, 0.3) is 0 Å². The molecule has 2 rings (SSSR count). The summed E-state index contributed by atoms with van der Waals surface area (Å²) in [6.07, 6.45) is 0.976. The lowest BCUT2D eigenvalue weighted by Gasteiger charge is -2.28. The van der Waals surface area contributed by atoms with Gasteiger partial charge < -0.3 is 15.2 Å². The van der Waals surface area contributed by atoms with Gasteiger partial charge in [-0.2, -0.15) is 0 Å².